The van der Waals surface area contributed by atoms with Gasteiger partial charge in [-0.05, 0) is 12.8 Å². The van der Waals surface area contributed by atoms with Gasteiger partial charge < -0.3 is 10.2 Å². The van der Waals surface area contributed by atoms with Gasteiger partial charge in [-0.2, -0.15) is 0 Å². The van der Waals surface area contributed by atoms with E-state index in [1.54, 1.807) is 0 Å². The third kappa shape index (κ3) is 4.81. The molecule has 0 aromatic rings. The Hall–Kier alpha value is -1.10. The molecule has 0 radical (unpaired) electrons. The molecule has 0 saturated carbocycles. The van der Waals surface area contributed by atoms with E-state index < -0.39 is 11.9 Å². The minimum atomic E-state index is -0.988. The molecule has 0 aliphatic heterocycles. The summed E-state index contributed by atoms with van der Waals surface area (Å²) in [4.78, 5) is 22.5. The topological polar surface area (TPSA) is 77.8 Å². The molecule has 5 nitrogen and oxygen atoms in total. The van der Waals surface area contributed by atoms with Crippen molar-refractivity contribution in [3.8, 4) is 0 Å². The van der Waals surface area contributed by atoms with E-state index in [2.05, 4.69) is 0 Å². The fraction of sp³-hybridized carbons (Fsp3) is 0.778. The summed E-state index contributed by atoms with van der Waals surface area (Å²) < 4.78 is 0. The van der Waals surface area contributed by atoms with Gasteiger partial charge in [0.1, 0.15) is 0 Å². The van der Waals surface area contributed by atoms with Crippen molar-refractivity contribution in [2.75, 3.05) is 13.1 Å². The van der Waals surface area contributed by atoms with E-state index in [1.165, 1.54) is 4.90 Å². The van der Waals surface area contributed by atoms with Crippen LogP contribution in [0.1, 0.15) is 26.7 Å². The molecule has 0 rings (SSSR count). The summed E-state index contributed by atoms with van der Waals surface area (Å²) in [6.45, 7) is 3.42. The monoisotopic (exact) mass is 203 g/mol. The predicted octanol–water partition coefficient (Wildman–Crippen LogP) is 0.646. The molecule has 0 bridgehead atoms. The van der Waals surface area contributed by atoms with Crippen molar-refractivity contribution in [1.29, 1.82) is 0 Å². The van der Waals surface area contributed by atoms with Crippen molar-refractivity contribution < 1.29 is 19.8 Å². The first-order chi connectivity index (χ1) is 6.51. The molecule has 82 valence electrons. The lowest BCUT2D eigenvalue weighted by atomic mass is 10.1. The molecule has 2 N–H and O–H groups in total. The summed E-state index contributed by atoms with van der Waals surface area (Å²) >= 11 is 0. The van der Waals surface area contributed by atoms with Gasteiger partial charge >= 0.3 is 11.9 Å². The number of hydrogen-bond acceptors (Lipinski definition) is 3. The molecule has 0 aromatic heterocycles. The number of carbonyl (C=O) groups is 2. The molecular formula is C9H17NO4. The van der Waals surface area contributed by atoms with Gasteiger partial charge in [0.15, 0.2) is 0 Å². The Balaban J connectivity index is 4.35. The fourth-order valence-electron chi connectivity index (χ4n) is 1.47. The second-order valence-electron chi connectivity index (χ2n) is 3.16. The second kappa shape index (κ2) is 6.37. The highest BCUT2D eigenvalue weighted by Crippen LogP contribution is 2.07. The number of carboxylic acid groups (broad SMARTS) is 2. The molecular weight excluding hydrogens is 186 g/mol. The van der Waals surface area contributed by atoms with Crippen molar-refractivity contribution in [3.63, 3.8) is 0 Å². The van der Waals surface area contributed by atoms with E-state index >= 15 is 0 Å². The lowest BCUT2D eigenvalue weighted by Crippen LogP contribution is -2.41. The number of carboxylic acids is 2. The predicted molar refractivity (Wildman–Crippen MR) is 51.2 cm³/mol. The third-order valence-electron chi connectivity index (χ3n) is 2.14. The van der Waals surface area contributed by atoms with Crippen molar-refractivity contribution in [2.45, 2.75) is 32.7 Å². The zero-order valence-electron chi connectivity index (χ0n) is 8.56. The number of rotatable bonds is 7. The first-order valence-corrected chi connectivity index (χ1v) is 4.68. The molecule has 0 spiro atoms. The first kappa shape index (κ1) is 12.9. The van der Waals surface area contributed by atoms with Crippen LogP contribution >= 0.6 is 0 Å². The van der Waals surface area contributed by atoms with Crippen LogP contribution in [-0.2, 0) is 9.59 Å². The van der Waals surface area contributed by atoms with E-state index in [0.29, 0.717) is 0 Å². The molecule has 0 aromatic carbocycles. The highest BCUT2D eigenvalue weighted by atomic mass is 16.4. The van der Waals surface area contributed by atoms with Crippen molar-refractivity contribution >= 4 is 11.9 Å². The zero-order chi connectivity index (χ0) is 11.1. The normalized spacial score (nSPS) is 10.9. The molecule has 0 aliphatic rings. The van der Waals surface area contributed by atoms with Crippen LogP contribution in [-0.4, -0.2) is 46.2 Å². The molecule has 0 atom stereocenters. The van der Waals surface area contributed by atoms with Crippen LogP contribution in [0.4, 0.5) is 0 Å². The van der Waals surface area contributed by atoms with Crippen molar-refractivity contribution in [2.24, 2.45) is 0 Å². The van der Waals surface area contributed by atoms with E-state index in [1.807, 2.05) is 13.8 Å². The first-order valence-electron chi connectivity index (χ1n) is 4.68. The average molecular weight is 203 g/mol. The Bertz CT molecular complexity index is 185. The molecule has 0 saturated heterocycles. The standard InChI is InChI=1S/C9H17NO4/c1-3-7(4-2)10(5-8(11)12)6-9(13)14/h7H,3-6H2,1-2H3,(H,11,12)(H,13,14). The zero-order valence-corrected chi connectivity index (χ0v) is 8.56. The Morgan fingerprint density at radius 3 is 1.64 bits per heavy atom. The van der Waals surface area contributed by atoms with Crippen molar-refractivity contribution in [3.05, 3.63) is 0 Å². The molecule has 0 unspecified atom stereocenters. The van der Waals surface area contributed by atoms with Gasteiger partial charge in [-0.1, -0.05) is 13.8 Å². The second-order valence-corrected chi connectivity index (χ2v) is 3.16. The molecule has 14 heavy (non-hydrogen) atoms. The number of aliphatic carboxylic acids is 2. The smallest absolute Gasteiger partial charge is 0.317 e. The lowest BCUT2D eigenvalue weighted by Gasteiger charge is -2.26. The van der Waals surface area contributed by atoms with Gasteiger partial charge in [-0.3, -0.25) is 14.5 Å². The Morgan fingerprint density at radius 2 is 1.43 bits per heavy atom. The van der Waals surface area contributed by atoms with Crippen LogP contribution in [0.5, 0.6) is 0 Å². The van der Waals surface area contributed by atoms with Gasteiger partial charge in [0.25, 0.3) is 0 Å². The Labute approximate surface area is 83.3 Å². The van der Waals surface area contributed by atoms with Gasteiger partial charge in [-0.25, -0.2) is 0 Å². The van der Waals surface area contributed by atoms with E-state index in [4.69, 9.17) is 10.2 Å². The van der Waals surface area contributed by atoms with Crippen molar-refractivity contribution in [1.82, 2.24) is 4.90 Å². The number of hydrogen-bond donors (Lipinski definition) is 2. The molecule has 0 aliphatic carbocycles. The summed E-state index contributed by atoms with van der Waals surface area (Å²) in [6, 6.07) is 0.0298. The van der Waals surface area contributed by atoms with E-state index in [-0.39, 0.29) is 19.1 Å². The van der Waals surface area contributed by atoms with Gasteiger partial charge in [0.05, 0.1) is 13.1 Å². The maximum Gasteiger partial charge on any atom is 0.317 e. The Kier molecular flexibility index (Phi) is 5.87. The maximum atomic E-state index is 10.5. The van der Waals surface area contributed by atoms with Crippen LogP contribution < -0.4 is 0 Å². The van der Waals surface area contributed by atoms with Crippen LogP contribution in [0.3, 0.4) is 0 Å². The quantitative estimate of drug-likeness (QED) is 0.635. The average Bonchev–Trinajstić information content (AvgIpc) is 2.03. The summed E-state index contributed by atoms with van der Waals surface area (Å²) in [7, 11) is 0. The molecule has 0 fully saturated rings. The third-order valence-corrected chi connectivity index (χ3v) is 2.14. The number of nitrogens with zero attached hydrogens (tertiary/aromatic N) is 1. The summed E-state index contributed by atoms with van der Waals surface area (Å²) in [5.74, 6) is -1.98. The van der Waals surface area contributed by atoms with Crippen LogP contribution in [0.25, 0.3) is 0 Å². The maximum absolute atomic E-state index is 10.5. The highest BCUT2D eigenvalue weighted by Gasteiger charge is 2.20. The van der Waals surface area contributed by atoms with Crippen LogP contribution in [0.2, 0.25) is 0 Å². The largest absolute Gasteiger partial charge is 0.480 e. The van der Waals surface area contributed by atoms with Gasteiger partial charge in [0.2, 0.25) is 0 Å². The van der Waals surface area contributed by atoms with Crippen LogP contribution in [0, 0.1) is 0 Å². The minimum Gasteiger partial charge on any atom is -0.480 e. The summed E-state index contributed by atoms with van der Waals surface area (Å²) in [6.07, 6.45) is 1.52. The summed E-state index contributed by atoms with van der Waals surface area (Å²) in [5.41, 5.74) is 0. The lowest BCUT2D eigenvalue weighted by molar-refractivity contribution is -0.142. The molecule has 0 heterocycles. The van der Waals surface area contributed by atoms with E-state index in [0.717, 1.165) is 12.8 Å². The van der Waals surface area contributed by atoms with Gasteiger partial charge in [0, 0.05) is 6.04 Å². The highest BCUT2D eigenvalue weighted by molar-refractivity contribution is 5.72. The van der Waals surface area contributed by atoms with Crippen LogP contribution in [0.15, 0.2) is 0 Å². The Morgan fingerprint density at radius 1 is 1.07 bits per heavy atom. The summed E-state index contributed by atoms with van der Waals surface area (Å²) in [5, 5.41) is 17.2. The SMILES string of the molecule is CCC(CC)N(CC(=O)O)CC(=O)O. The fourth-order valence-corrected chi connectivity index (χ4v) is 1.47. The van der Waals surface area contributed by atoms with E-state index in [9.17, 15) is 9.59 Å². The minimum absolute atomic E-state index is 0.0298. The van der Waals surface area contributed by atoms with Gasteiger partial charge in [-0.15, -0.1) is 0 Å². The molecule has 0 amide bonds. The molecule has 5 heteroatoms.